The Morgan fingerprint density at radius 3 is 2.92 bits per heavy atom. The summed E-state index contributed by atoms with van der Waals surface area (Å²) in [5.41, 5.74) is 7.67. The molecule has 8 heteroatoms. The average Bonchev–Trinajstić information content (AvgIpc) is 3.51. The minimum atomic E-state index is -0.417. The highest BCUT2D eigenvalue weighted by atomic mass is 16.2. The molecule has 1 atom stereocenters. The van der Waals surface area contributed by atoms with Crippen LogP contribution in [-0.2, 0) is 24.3 Å². The van der Waals surface area contributed by atoms with Gasteiger partial charge in [0, 0.05) is 49.1 Å². The van der Waals surface area contributed by atoms with E-state index in [0.717, 1.165) is 39.0 Å². The number of carbonyl (C=O) groups excluding carboxylic acids is 3. The van der Waals surface area contributed by atoms with Crippen LogP contribution in [0.1, 0.15) is 61.0 Å². The van der Waals surface area contributed by atoms with Gasteiger partial charge in [-0.2, -0.15) is 0 Å². The van der Waals surface area contributed by atoms with E-state index in [1.165, 1.54) is 0 Å². The summed E-state index contributed by atoms with van der Waals surface area (Å²) in [6, 6.07) is 12.8. The molecule has 1 aliphatic heterocycles. The number of nitrogens with one attached hydrogen (secondary N) is 2. The van der Waals surface area contributed by atoms with Crippen LogP contribution in [0.3, 0.4) is 0 Å². The van der Waals surface area contributed by atoms with Crippen molar-refractivity contribution in [2.24, 2.45) is 0 Å². The van der Waals surface area contributed by atoms with E-state index in [1.54, 1.807) is 24.5 Å². The maximum Gasteiger partial charge on any atom is 0.251 e. The number of hydrogen-bond acceptors (Lipinski definition) is 5. The van der Waals surface area contributed by atoms with Crippen molar-refractivity contribution in [1.29, 1.82) is 0 Å². The summed E-state index contributed by atoms with van der Waals surface area (Å²) in [6.45, 7) is 3.32. The first-order valence-corrected chi connectivity index (χ1v) is 12.1. The molecule has 0 fully saturated rings. The zero-order valence-corrected chi connectivity index (χ0v) is 19.9. The Morgan fingerprint density at radius 2 is 2.03 bits per heavy atom. The van der Waals surface area contributed by atoms with Crippen LogP contribution in [0.25, 0.3) is 11.0 Å². The van der Waals surface area contributed by atoms with Gasteiger partial charge in [0.05, 0.1) is 23.3 Å². The minimum absolute atomic E-state index is 0.0106. The lowest BCUT2D eigenvalue weighted by molar-refractivity contribution is -0.133. The molecule has 0 radical (unpaired) electrons. The van der Waals surface area contributed by atoms with E-state index >= 15 is 0 Å². The van der Waals surface area contributed by atoms with Crippen LogP contribution in [0.2, 0.25) is 0 Å². The van der Waals surface area contributed by atoms with Gasteiger partial charge in [0.25, 0.3) is 5.91 Å². The van der Waals surface area contributed by atoms with E-state index in [-0.39, 0.29) is 24.0 Å². The Hall–Kier alpha value is -4.33. The topological polar surface area (TPSA) is 108 Å². The van der Waals surface area contributed by atoms with Gasteiger partial charge in [0.15, 0.2) is 5.78 Å². The second-order valence-corrected chi connectivity index (χ2v) is 9.42. The molecule has 8 nitrogen and oxygen atoms in total. The Labute approximate surface area is 207 Å². The zero-order chi connectivity index (χ0) is 24.8. The van der Waals surface area contributed by atoms with Gasteiger partial charge in [-0.25, -0.2) is 4.98 Å². The smallest absolute Gasteiger partial charge is 0.251 e. The molecule has 0 saturated heterocycles. The van der Waals surface area contributed by atoms with Crippen molar-refractivity contribution < 1.29 is 14.4 Å². The third-order valence-corrected chi connectivity index (χ3v) is 7.34. The van der Waals surface area contributed by atoms with Crippen molar-refractivity contribution in [3.8, 4) is 0 Å². The molecule has 2 aliphatic rings. The number of nitrogens with zero attached hydrogens (tertiary/aromatic N) is 3. The fraction of sp³-hybridized carbons (Fsp3) is 0.250. The van der Waals surface area contributed by atoms with Gasteiger partial charge >= 0.3 is 0 Å². The van der Waals surface area contributed by atoms with Gasteiger partial charge in [-0.15, -0.1) is 0 Å². The van der Waals surface area contributed by atoms with Crippen molar-refractivity contribution in [2.75, 3.05) is 6.54 Å². The van der Waals surface area contributed by atoms with Crippen LogP contribution in [0, 0.1) is 6.92 Å². The molecule has 36 heavy (non-hydrogen) atoms. The summed E-state index contributed by atoms with van der Waals surface area (Å²) < 4.78 is 0. The normalized spacial score (nSPS) is 16.6. The van der Waals surface area contributed by atoms with Gasteiger partial charge < -0.3 is 15.2 Å². The quantitative estimate of drug-likeness (QED) is 0.466. The molecular weight excluding hydrogens is 454 g/mol. The van der Waals surface area contributed by atoms with E-state index in [0.29, 0.717) is 37.2 Å². The Kier molecular flexibility index (Phi) is 5.36. The van der Waals surface area contributed by atoms with Crippen LogP contribution >= 0.6 is 0 Å². The van der Waals surface area contributed by atoms with Crippen molar-refractivity contribution in [2.45, 2.75) is 38.8 Å². The third kappa shape index (κ3) is 3.75. The van der Waals surface area contributed by atoms with Gasteiger partial charge in [-0.05, 0) is 53.8 Å². The number of rotatable bonds is 4. The number of H-pyrrole nitrogens is 1. The van der Waals surface area contributed by atoms with Gasteiger partial charge in [0.2, 0.25) is 5.91 Å². The fourth-order valence-corrected chi connectivity index (χ4v) is 5.39. The van der Waals surface area contributed by atoms with E-state index in [2.05, 4.69) is 20.3 Å². The number of aromatic nitrogens is 3. The number of amides is 2. The first-order valence-electron chi connectivity index (χ1n) is 12.1. The second kappa shape index (κ2) is 8.71. The molecule has 2 amide bonds. The van der Waals surface area contributed by atoms with Gasteiger partial charge in [-0.3, -0.25) is 19.4 Å². The molecule has 6 rings (SSSR count). The van der Waals surface area contributed by atoms with E-state index in [1.807, 2.05) is 42.3 Å². The number of fused-ring (bicyclic) bond motifs is 3. The zero-order valence-electron chi connectivity index (χ0n) is 19.9. The monoisotopic (exact) mass is 479 g/mol. The highest BCUT2D eigenvalue weighted by Crippen LogP contribution is 2.35. The highest BCUT2D eigenvalue weighted by molar-refractivity contribution is 6.06. The summed E-state index contributed by atoms with van der Waals surface area (Å²) in [5, 5.41) is 3.03. The molecule has 0 saturated carbocycles. The van der Waals surface area contributed by atoms with Crippen molar-refractivity contribution >= 4 is 28.6 Å². The van der Waals surface area contributed by atoms with Gasteiger partial charge in [0.1, 0.15) is 0 Å². The second-order valence-electron chi connectivity index (χ2n) is 9.42. The molecule has 2 aromatic carbocycles. The summed E-state index contributed by atoms with van der Waals surface area (Å²) in [7, 11) is 0. The molecule has 3 heterocycles. The van der Waals surface area contributed by atoms with E-state index in [9.17, 15) is 14.4 Å². The summed E-state index contributed by atoms with van der Waals surface area (Å²) >= 11 is 0. The summed E-state index contributed by atoms with van der Waals surface area (Å²) in [6.07, 6.45) is 4.34. The predicted octanol–water partition coefficient (Wildman–Crippen LogP) is 3.45. The molecule has 1 aliphatic carbocycles. The molecule has 180 valence electrons. The lowest BCUT2D eigenvalue weighted by Crippen LogP contribution is -2.39. The minimum Gasteiger partial charge on any atom is -0.348 e. The molecule has 1 unspecified atom stereocenters. The first kappa shape index (κ1) is 22.2. The molecule has 4 aromatic rings. The number of benzene rings is 2. The molecule has 2 aromatic heterocycles. The van der Waals surface area contributed by atoms with Crippen LogP contribution in [0.5, 0.6) is 0 Å². The highest BCUT2D eigenvalue weighted by Gasteiger charge is 2.37. The lowest BCUT2D eigenvalue weighted by atomic mass is 9.93. The lowest BCUT2D eigenvalue weighted by Gasteiger charge is -2.32. The maximum absolute atomic E-state index is 13.4. The van der Waals surface area contributed by atoms with Gasteiger partial charge in [-0.1, -0.05) is 24.3 Å². The fourth-order valence-electron chi connectivity index (χ4n) is 5.39. The number of ketones is 1. The van der Waals surface area contributed by atoms with E-state index in [4.69, 9.17) is 0 Å². The number of imidazole rings is 1. The number of aromatic amines is 1. The standard InChI is InChI=1S/C28H25N5O3/c1-16-23(13-30-27(35)17-6-7-24-25(10-17)32-15-31-24)19-8-9-33(14-18(19)12-29-16)28(36)22-11-26(34)21-5-3-2-4-20(21)22/h2-7,10,12,15,22H,8-9,11,13-14H2,1H3,(H,30,35)(H,31,32). The number of pyridine rings is 1. The van der Waals surface area contributed by atoms with Crippen LogP contribution in [0.4, 0.5) is 0 Å². The summed E-state index contributed by atoms with van der Waals surface area (Å²) in [4.78, 5) is 52.3. The summed E-state index contributed by atoms with van der Waals surface area (Å²) in [5.74, 6) is -0.563. The Balaban J connectivity index is 1.18. The van der Waals surface area contributed by atoms with E-state index < -0.39 is 5.92 Å². The number of aryl methyl sites for hydroxylation is 1. The first-order chi connectivity index (χ1) is 17.5. The Bertz CT molecular complexity index is 1540. The molecular formula is C28H25N5O3. The van der Waals surface area contributed by atoms with Crippen LogP contribution in [0.15, 0.2) is 55.0 Å². The largest absolute Gasteiger partial charge is 0.348 e. The maximum atomic E-state index is 13.4. The number of hydrogen-bond donors (Lipinski definition) is 2. The Morgan fingerprint density at radius 1 is 1.17 bits per heavy atom. The van der Waals surface area contributed by atoms with Crippen LogP contribution in [-0.4, -0.2) is 44.0 Å². The number of carbonyl (C=O) groups is 3. The molecule has 0 spiro atoms. The SMILES string of the molecule is Cc1ncc2c(c1CNC(=O)c1ccc3nc[nH]c3c1)CCN(C(=O)C1CC(=O)c3ccccc31)C2. The molecule has 0 bridgehead atoms. The average molecular weight is 480 g/mol. The third-order valence-electron chi connectivity index (χ3n) is 7.34. The van der Waals surface area contributed by atoms with Crippen molar-refractivity contribution in [3.05, 3.63) is 94.1 Å². The molecule has 2 N–H and O–H groups in total. The van der Waals surface area contributed by atoms with Crippen molar-refractivity contribution in [3.63, 3.8) is 0 Å². The predicted molar refractivity (Wildman–Crippen MR) is 133 cm³/mol. The van der Waals surface area contributed by atoms with Crippen LogP contribution < -0.4 is 5.32 Å². The number of Topliss-reactive ketones (excluding diaryl/α,β-unsaturated/α-hetero) is 1. The van der Waals surface area contributed by atoms with Crippen molar-refractivity contribution in [1.82, 2.24) is 25.2 Å².